The number of aromatic nitrogens is 3. The minimum Gasteiger partial charge on any atom is -0.461 e. The number of nitrogens with zero attached hydrogens (tertiary/aromatic N) is 2. The summed E-state index contributed by atoms with van der Waals surface area (Å²) in [5.74, 6) is -1.09. The van der Waals surface area contributed by atoms with Crippen LogP contribution in [0.1, 0.15) is 28.1 Å². The standard InChI is InChI=1S/C26H18ClF2N3O3/c27-16-11-19-20(13-31-25(19)30-12-16)24-8-5-17(35-24)4-7-23(33)18-2-1-9-32(26(18)34)14-15-3-6-21(28)22(29)10-15/h1-3,5-6,8-13H,4,7,14H2,(H,30,31). The molecule has 35 heavy (non-hydrogen) atoms. The number of hydrogen-bond acceptors (Lipinski definition) is 4. The number of aromatic amines is 1. The normalized spacial score (nSPS) is 11.3. The number of rotatable bonds is 7. The molecular formula is C26H18ClF2N3O3. The van der Waals surface area contributed by atoms with Crippen molar-refractivity contribution >= 4 is 28.4 Å². The molecule has 0 aliphatic rings. The van der Waals surface area contributed by atoms with Crippen LogP contribution in [0.5, 0.6) is 0 Å². The zero-order valence-electron chi connectivity index (χ0n) is 18.2. The second kappa shape index (κ2) is 9.31. The molecule has 0 unspecified atom stereocenters. The van der Waals surface area contributed by atoms with Crippen LogP contribution in [0.4, 0.5) is 8.78 Å². The number of furan rings is 1. The maximum absolute atomic E-state index is 13.5. The van der Waals surface area contributed by atoms with Crippen molar-refractivity contribution < 1.29 is 18.0 Å². The van der Waals surface area contributed by atoms with Gasteiger partial charge in [0.25, 0.3) is 5.56 Å². The summed E-state index contributed by atoms with van der Waals surface area (Å²) in [5.41, 5.74) is 1.43. The molecule has 0 bridgehead atoms. The first-order valence-corrected chi connectivity index (χ1v) is 11.1. The molecule has 4 heterocycles. The monoisotopic (exact) mass is 493 g/mol. The van der Waals surface area contributed by atoms with Gasteiger partial charge in [-0.25, -0.2) is 13.8 Å². The first-order chi connectivity index (χ1) is 16.9. The first kappa shape index (κ1) is 22.7. The van der Waals surface area contributed by atoms with Gasteiger partial charge in [-0.3, -0.25) is 9.59 Å². The molecule has 4 aromatic heterocycles. The summed E-state index contributed by atoms with van der Waals surface area (Å²) < 4.78 is 33.9. The summed E-state index contributed by atoms with van der Waals surface area (Å²) in [7, 11) is 0. The van der Waals surface area contributed by atoms with Crippen LogP contribution >= 0.6 is 11.6 Å². The quantitative estimate of drug-likeness (QED) is 0.291. The van der Waals surface area contributed by atoms with E-state index in [1.54, 1.807) is 36.7 Å². The Balaban J connectivity index is 1.30. The number of aryl methyl sites for hydroxylation is 1. The van der Waals surface area contributed by atoms with Crippen molar-refractivity contribution in [3.8, 4) is 11.3 Å². The number of benzene rings is 1. The van der Waals surface area contributed by atoms with Crippen molar-refractivity contribution in [2.75, 3.05) is 0 Å². The van der Waals surface area contributed by atoms with Crippen molar-refractivity contribution in [1.82, 2.24) is 14.5 Å². The van der Waals surface area contributed by atoms with Gasteiger partial charge in [-0.15, -0.1) is 0 Å². The maximum Gasteiger partial charge on any atom is 0.261 e. The molecule has 5 aromatic rings. The van der Waals surface area contributed by atoms with E-state index in [1.165, 1.54) is 22.9 Å². The average molecular weight is 494 g/mol. The number of Topliss-reactive ketones (excluding diaryl/α,β-unsaturated/α-hetero) is 1. The number of carbonyl (C=O) groups is 1. The van der Waals surface area contributed by atoms with Crippen molar-refractivity contribution in [3.63, 3.8) is 0 Å². The Labute approximate surface area is 202 Å². The minimum atomic E-state index is -0.993. The predicted molar refractivity (Wildman–Crippen MR) is 128 cm³/mol. The molecule has 0 saturated carbocycles. The van der Waals surface area contributed by atoms with Crippen molar-refractivity contribution in [3.05, 3.63) is 111 Å². The zero-order valence-corrected chi connectivity index (χ0v) is 19.0. The number of halogens is 3. The number of fused-ring (bicyclic) bond motifs is 1. The average Bonchev–Trinajstić information content (AvgIpc) is 3.47. The summed E-state index contributed by atoms with van der Waals surface area (Å²) in [6, 6.07) is 11.9. The fourth-order valence-electron chi connectivity index (χ4n) is 3.92. The van der Waals surface area contributed by atoms with Crippen LogP contribution < -0.4 is 5.56 Å². The van der Waals surface area contributed by atoms with Gasteiger partial charge in [-0.1, -0.05) is 17.7 Å². The zero-order chi connectivity index (χ0) is 24.5. The molecule has 0 radical (unpaired) electrons. The van der Waals surface area contributed by atoms with Crippen LogP contribution in [-0.4, -0.2) is 20.3 Å². The van der Waals surface area contributed by atoms with E-state index >= 15 is 0 Å². The summed E-state index contributed by atoms with van der Waals surface area (Å²) in [6.07, 6.45) is 5.21. The lowest BCUT2D eigenvalue weighted by molar-refractivity contribution is 0.0979. The Morgan fingerprint density at radius 2 is 1.97 bits per heavy atom. The number of H-pyrrole nitrogens is 1. The molecule has 0 fully saturated rings. The van der Waals surface area contributed by atoms with E-state index < -0.39 is 17.2 Å². The highest BCUT2D eigenvalue weighted by Crippen LogP contribution is 2.31. The highest BCUT2D eigenvalue weighted by atomic mass is 35.5. The SMILES string of the molecule is O=C(CCc1ccc(-c2c[nH]c3ncc(Cl)cc23)o1)c1cccn(Cc2ccc(F)c(F)c2)c1=O. The molecule has 0 aliphatic carbocycles. The van der Waals surface area contributed by atoms with Crippen LogP contribution in [-0.2, 0) is 13.0 Å². The number of nitrogens with one attached hydrogen (secondary N) is 1. The molecule has 1 N–H and O–H groups in total. The van der Waals surface area contributed by atoms with E-state index in [1.807, 2.05) is 0 Å². The Kier molecular flexibility index (Phi) is 6.05. The van der Waals surface area contributed by atoms with Gasteiger partial charge in [0, 0.05) is 42.4 Å². The van der Waals surface area contributed by atoms with Crippen molar-refractivity contribution in [2.45, 2.75) is 19.4 Å². The van der Waals surface area contributed by atoms with E-state index in [0.717, 1.165) is 23.1 Å². The largest absolute Gasteiger partial charge is 0.461 e. The maximum atomic E-state index is 13.5. The molecule has 0 spiro atoms. The number of pyridine rings is 2. The summed E-state index contributed by atoms with van der Waals surface area (Å²) in [5, 5.41) is 1.33. The van der Waals surface area contributed by atoms with Gasteiger partial charge in [0.05, 0.1) is 17.1 Å². The van der Waals surface area contributed by atoms with Gasteiger partial charge in [0.15, 0.2) is 17.4 Å². The predicted octanol–water partition coefficient (Wildman–Crippen LogP) is 5.78. The number of ketones is 1. The highest BCUT2D eigenvalue weighted by molar-refractivity contribution is 6.31. The molecule has 9 heteroatoms. The lowest BCUT2D eigenvalue weighted by Gasteiger charge is -2.08. The third-order valence-electron chi connectivity index (χ3n) is 5.68. The molecule has 176 valence electrons. The van der Waals surface area contributed by atoms with Gasteiger partial charge in [-0.2, -0.15) is 0 Å². The summed E-state index contributed by atoms with van der Waals surface area (Å²) in [6.45, 7) is 0.0161. The number of carbonyl (C=O) groups excluding carboxylic acids is 1. The smallest absolute Gasteiger partial charge is 0.261 e. The lowest BCUT2D eigenvalue weighted by atomic mass is 10.1. The van der Waals surface area contributed by atoms with Gasteiger partial charge in [-0.05, 0) is 48.0 Å². The van der Waals surface area contributed by atoms with Crippen LogP contribution in [0.15, 0.2) is 76.3 Å². The van der Waals surface area contributed by atoms with E-state index in [9.17, 15) is 18.4 Å². The van der Waals surface area contributed by atoms with Gasteiger partial charge in [0.1, 0.15) is 17.2 Å². The van der Waals surface area contributed by atoms with E-state index in [-0.39, 0.29) is 24.3 Å². The van der Waals surface area contributed by atoms with Gasteiger partial charge < -0.3 is 14.0 Å². The Hall–Kier alpha value is -4.04. The van der Waals surface area contributed by atoms with Crippen LogP contribution in [0.25, 0.3) is 22.4 Å². The second-order valence-corrected chi connectivity index (χ2v) is 8.48. The topological polar surface area (TPSA) is 80.9 Å². The molecule has 0 saturated heterocycles. The molecule has 6 nitrogen and oxygen atoms in total. The van der Waals surface area contributed by atoms with E-state index in [2.05, 4.69) is 9.97 Å². The van der Waals surface area contributed by atoms with E-state index in [0.29, 0.717) is 34.2 Å². The molecule has 0 amide bonds. The Morgan fingerprint density at radius 3 is 2.80 bits per heavy atom. The minimum absolute atomic E-state index is 0.0161. The Bertz CT molecular complexity index is 1620. The molecule has 1 aromatic carbocycles. The third-order valence-corrected chi connectivity index (χ3v) is 5.89. The molecular weight excluding hydrogens is 476 g/mol. The van der Waals surface area contributed by atoms with E-state index in [4.69, 9.17) is 16.0 Å². The highest BCUT2D eigenvalue weighted by Gasteiger charge is 2.16. The number of hydrogen-bond donors (Lipinski definition) is 1. The molecule has 0 atom stereocenters. The van der Waals surface area contributed by atoms with Crippen molar-refractivity contribution in [1.29, 1.82) is 0 Å². The van der Waals surface area contributed by atoms with Crippen LogP contribution in [0, 0.1) is 11.6 Å². The molecule has 5 rings (SSSR count). The lowest BCUT2D eigenvalue weighted by Crippen LogP contribution is -2.26. The fourth-order valence-corrected chi connectivity index (χ4v) is 4.08. The first-order valence-electron chi connectivity index (χ1n) is 10.8. The van der Waals surface area contributed by atoms with Gasteiger partial charge >= 0.3 is 0 Å². The fraction of sp³-hybridized carbons (Fsp3) is 0.115. The Morgan fingerprint density at radius 1 is 1.11 bits per heavy atom. The van der Waals surface area contributed by atoms with Crippen LogP contribution in [0.3, 0.4) is 0 Å². The second-order valence-electron chi connectivity index (χ2n) is 8.04. The summed E-state index contributed by atoms with van der Waals surface area (Å²) in [4.78, 5) is 32.9. The summed E-state index contributed by atoms with van der Waals surface area (Å²) >= 11 is 6.06. The van der Waals surface area contributed by atoms with Gasteiger partial charge in [0.2, 0.25) is 0 Å². The third kappa shape index (κ3) is 4.65. The molecule has 0 aliphatic heterocycles. The van der Waals surface area contributed by atoms with Crippen LogP contribution in [0.2, 0.25) is 5.02 Å². The van der Waals surface area contributed by atoms with Crippen molar-refractivity contribution in [2.24, 2.45) is 0 Å².